The highest BCUT2D eigenvalue weighted by Gasteiger charge is 2.17. The van der Waals surface area contributed by atoms with E-state index in [1.165, 1.54) is 5.56 Å². The highest BCUT2D eigenvalue weighted by Crippen LogP contribution is 2.30. The normalized spacial score (nSPS) is 12.3. The zero-order valence-electron chi connectivity index (χ0n) is 20.6. The van der Waals surface area contributed by atoms with Crippen molar-refractivity contribution in [2.45, 2.75) is 12.8 Å². The van der Waals surface area contributed by atoms with Crippen molar-refractivity contribution in [3.8, 4) is 11.4 Å². The third kappa shape index (κ3) is 5.76. The largest absolute Gasteiger partial charge is 0.368 e. The molecule has 37 heavy (non-hydrogen) atoms. The lowest BCUT2D eigenvalue weighted by Crippen LogP contribution is -2.15. The summed E-state index contributed by atoms with van der Waals surface area (Å²) < 4.78 is 25.8. The van der Waals surface area contributed by atoms with E-state index in [2.05, 4.69) is 27.2 Å². The topological polar surface area (TPSA) is 96.9 Å². The molecule has 0 radical (unpaired) electrons. The van der Waals surface area contributed by atoms with Crippen LogP contribution in [0.1, 0.15) is 22.6 Å². The lowest BCUT2D eigenvalue weighted by Gasteiger charge is -2.20. The Hall–Kier alpha value is -4.30. The maximum atomic E-state index is 11.6. The van der Waals surface area contributed by atoms with Gasteiger partial charge in [-0.15, -0.1) is 0 Å². The quantitative estimate of drug-likeness (QED) is 0.282. The number of nitrogens with one attached hydrogen (secondary N) is 2. The van der Waals surface area contributed by atoms with Gasteiger partial charge in [-0.1, -0.05) is 42.5 Å². The molecule has 7 nitrogen and oxygen atoms in total. The van der Waals surface area contributed by atoms with Crippen molar-refractivity contribution < 1.29 is 8.42 Å². The second-order valence-electron chi connectivity index (χ2n) is 8.94. The zero-order chi connectivity index (χ0) is 25.8. The van der Waals surface area contributed by atoms with Crippen LogP contribution in [0.4, 0.5) is 11.5 Å². The van der Waals surface area contributed by atoms with Gasteiger partial charge in [-0.05, 0) is 66.1 Å². The molecule has 0 amide bonds. The van der Waals surface area contributed by atoms with Crippen LogP contribution in [-0.2, 0) is 10.0 Å². The van der Waals surface area contributed by atoms with E-state index in [-0.39, 0.29) is 5.92 Å². The highest BCUT2D eigenvalue weighted by atomic mass is 32.2. The van der Waals surface area contributed by atoms with Crippen LogP contribution in [0, 0.1) is 6.92 Å². The van der Waals surface area contributed by atoms with Gasteiger partial charge in [0, 0.05) is 41.5 Å². The Balaban J connectivity index is 1.52. The highest BCUT2D eigenvalue weighted by molar-refractivity contribution is 7.92. The molecule has 8 heteroatoms. The first-order valence-electron chi connectivity index (χ1n) is 11.9. The van der Waals surface area contributed by atoms with E-state index in [0.717, 1.165) is 39.7 Å². The van der Waals surface area contributed by atoms with Gasteiger partial charge in [0.05, 0.1) is 11.8 Å². The Morgan fingerprint density at radius 2 is 1.54 bits per heavy atom. The fraction of sp³-hybridized carbons (Fsp3) is 0.138. The average Bonchev–Trinajstić information content (AvgIpc) is 2.89. The van der Waals surface area contributed by atoms with Gasteiger partial charge in [-0.25, -0.2) is 18.4 Å². The van der Waals surface area contributed by atoms with Crippen molar-refractivity contribution in [3.05, 3.63) is 114 Å². The van der Waals surface area contributed by atoms with E-state index in [1.54, 1.807) is 12.1 Å². The van der Waals surface area contributed by atoms with E-state index in [4.69, 9.17) is 9.97 Å². The standard InChI is InChI=1S/C29H27N5O2S/c1-20-18-23(34-37(2,35)36)12-13-24(20)29-32-27-11-7-6-10-25(27)28(33-29)31-19-26(21-8-4-3-5-9-21)22-14-16-30-17-15-22/h3-18,26,34H,19H2,1-2H3,(H,31,32,33). The SMILES string of the molecule is Cc1cc(NS(C)(=O)=O)ccc1-c1nc(NCC(c2ccccc2)c2ccncc2)c2ccccc2n1. The van der Waals surface area contributed by atoms with Crippen LogP contribution in [0.25, 0.3) is 22.3 Å². The van der Waals surface area contributed by atoms with Crippen molar-refractivity contribution in [1.82, 2.24) is 15.0 Å². The number of nitrogens with zero attached hydrogens (tertiary/aromatic N) is 3. The molecule has 2 heterocycles. The summed E-state index contributed by atoms with van der Waals surface area (Å²) in [4.78, 5) is 13.9. The number of sulfonamides is 1. The Morgan fingerprint density at radius 3 is 2.27 bits per heavy atom. The van der Waals surface area contributed by atoms with E-state index >= 15 is 0 Å². The van der Waals surface area contributed by atoms with Gasteiger partial charge in [0.15, 0.2) is 5.82 Å². The van der Waals surface area contributed by atoms with E-state index in [0.29, 0.717) is 18.1 Å². The van der Waals surface area contributed by atoms with Gasteiger partial charge < -0.3 is 5.32 Å². The molecule has 0 aliphatic rings. The number of aryl methyl sites for hydroxylation is 1. The minimum absolute atomic E-state index is 0.101. The summed E-state index contributed by atoms with van der Waals surface area (Å²) in [5.41, 5.74) is 5.40. The molecule has 0 spiro atoms. The predicted molar refractivity (Wildman–Crippen MR) is 149 cm³/mol. The fourth-order valence-corrected chi connectivity index (χ4v) is 4.99. The predicted octanol–water partition coefficient (Wildman–Crippen LogP) is 5.62. The molecule has 0 aliphatic carbocycles. The number of anilines is 2. The molecule has 0 saturated heterocycles. The van der Waals surface area contributed by atoms with Crippen LogP contribution < -0.4 is 10.0 Å². The lowest BCUT2D eigenvalue weighted by atomic mass is 9.92. The van der Waals surface area contributed by atoms with Gasteiger partial charge >= 0.3 is 0 Å². The summed E-state index contributed by atoms with van der Waals surface area (Å²) in [6.45, 7) is 2.55. The van der Waals surface area contributed by atoms with Gasteiger partial charge in [0.2, 0.25) is 10.0 Å². The van der Waals surface area contributed by atoms with Gasteiger partial charge in [0.25, 0.3) is 0 Å². The zero-order valence-corrected chi connectivity index (χ0v) is 21.4. The van der Waals surface area contributed by atoms with Gasteiger partial charge in [-0.2, -0.15) is 0 Å². The monoisotopic (exact) mass is 509 g/mol. The molecular formula is C29H27N5O2S. The average molecular weight is 510 g/mol. The molecule has 5 aromatic rings. The number of para-hydroxylation sites is 1. The van der Waals surface area contributed by atoms with Crippen LogP contribution in [0.3, 0.4) is 0 Å². The molecule has 1 atom stereocenters. The molecule has 2 aromatic heterocycles. The first-order chi connectivity index (χ1) is 17.9. The van der Waals surface area contributed by atoms with Crippen LogP contribution >= 0.6 is 0 Å². The number of hydrogen-bond donors (Lipinski definition) is 2. The third-order valence-electron chi connectivity index (χ3n) is 6.16. The summed E-state index contributed by atoms with van der Waals surface area (Å²) in [6, 6.07) is 27.7. The Kier molecular flexibility index (Phi) is 6.83. The first kappa shape index (κ1) is 24.4. The van der Waals surface area contributed by atoms with E-state index in [9.17, 15) is 8.42 Å². The summed E-state index contributed by atoms with van der Waals surface area (Å²) in [5.74, 6) is 1.42. The van der Waals surface area contributed by atoms with Gasteiger partial charge in [0.1, 0.15) is 5.82 Å². The van der Waals surface area contributed by atoms with Crippen molar-refractivity contribution >= 4 is 32.4 Å². The van der Waals surface area contributed by atoms with Crippen LogP contribution in [0.5, 0.6) is 0 Å². The maximum Gasteiger partial charge on any atom is 0.229 e. The first-order valence-corrected chi connectivity index (χ1v) is 13.8. The number of benzene rings is 3. The lowest BCUT2D eigenvalue weighted by molar-refractivity contribution is 0.607. The molecule has 1 unspecified atom stereocenters. The van der Waals surface area contributed by atoms with Crippen LogP contribution in [-0.4, -0.2) is 36.2 Å². The number of fused-ring (bicyclic) bond motifs is 1. The molecule has 186 valence electrons. The Labute approximate surface area is 216 Å². The molecule has 3 aromatic carbocycles. The Morgan fingerprint density at radius 1 is 0.838 bits per heavy atom. The molecule has 0 fully saturated rings. The van der Waals surface area contributed by atoms with E-state index < -0.39 is 10.0 Å². The number of rotatable bonds is 8. The molecule has 0 bridgehead atoms. The molecule has 2 N–H and O–H groups in total. The Bertz CT molecular complexity index is 1600. The molecule has 0 saturated carbocycles. The summed E-state index contributed by atoms with van der Waals surface area (Å²) >= 11 is 0. The number of pyridine rings is 1. The number of aromatic nitrogens is 3. The smallest absolute Gasteiger partial charge is 0.229 e. The third-order valence-corrected chi connectivity index (χ3v) is 6.76. The number of hydrogen-bond acceptors (Lipinski definition) is 6. The van der Waals surface area contributed by atoms with E-state index in [1.807, 2.05) is 80.0 Å². The van der Waals surface area contributed by atoms with Crippen molar-refractivity contribution in [2.24, 2.45) is 0 Å². The second-order valence-corrected chi connectivity index (χ2v) is 10.7. The van der Waals surface area contributed by atoms with Crippen molar-refractivity contribution in [1.29, 1.82) is 0 Å². The summed E-state index contributed by atoms with van der Waals surface area (Å²) in [7, 11) is -3.36. The van der Waals surface area contributed by atoms with Crippen molar-refractivity contribution in [3.63, 3.8) is 0 Å². The fourth-order valence-electron chi connectivity index (χ4n) is 4.43. The van der Waals surface area contributed by atoms with Crippen molar-refractivity contribution in [2.75, 3.05) is 22.8 Å². The molecule has 5 rings (SSSR count). The maximum absolute atomic E-state index is 11.6. The summed E-state index contributed by atoms with van der Waals surface area (Å²) in [6.07, 6.45) is 4.76. The molecular weight excluding hydrogens is 482 g/mol. The minimum atomic E-state index is -3.36. The summed E-state index contributed by atoms with van der Waals surface area (Å²) in [5, 5.41) is 4.52. The minimum Gasteiger partial charge on any atom is -0.368 e. The van der Waals surface area contributed by atoms with Gasteiger partial charge in [-0.3, -0.25) is 9.71 Å². The van der Waals surface area contributed by atoms with Crippen LogP contribution in [0.2, 0.25) is 0 Å². The van der Waals surface area contributed by atoms with Crippen LogP contribution in [0.15, 0.2) is 97.3 Å². The molecule has 0 aliphatic heterocycles. The second kappa shape index (κ2) is 10.4.